The monoisotopic (exact) mass is 343 g/mol. The zero-order valence-corrected chi connectivity index (χ0v) is 14.6. The van der Waals surface area contributed by atoms with E-state index in [9.17, 15) is 9.59 Å². The lowest BCUT2D eigenvalue weighted by molar-refractivity contribution is -0.135. The molecular weight excluding hydrogens is 318 g/mol. The van der Waals surface area contributed by atoms with E-state index in [1.807, 2.05) is 29.2 Å². The third-order valence-corrected chi connectivity index (χ3v) is 6.08. The standard InChI is InChI=1S/C19H25N3O3/c1-25-15-5-3-14(4-6-15)22-10-13(8-18(22)23)19(24)21-9-12-2-7-17(20)16(12)11-21/h3-6,12-13,16-17H,2,7-11,20H2,1H3. The number of anilines is 1. The Balaban J connectivity index is 1.42. The van der Waals surface area contributed by atoms with Crippen molar-refractivity contribution in [3.63, 3.8) is 0 Å². The number of carbonyl (C=O) groups is 2. The zero-order chi connectivity index (χ0) is 17.6. The summed E-state index contributed by atoms with van der Waals surface area (Å²) in [7, 11) is 1.61. The van der Waals surface area contributed by atoms with E-state index in [1.165, 1.54) is 0 Å². The summed E-state index contributed by atoms with van der Waals surface area (Å²) in [4.78, 5) is 29.0. The Bertz CT molecular complexity index is 675. The first kappa shape index (κ1) is 16.4. The van der Waals surface area contributed by atoms with Gasteiger partial charge < -0.3 is 20.3 Å². The Kier molecular flexibility index (Phi) is 4.15. The van der Waals surface area contributed by atoms with Crippen LogP contribution in [0.25, 0.3) is 0 Å². The Morgan fingerprint density at radius 3 is 2.60 bits per heavy atom. The Morgan fingerprint density at radius 1 is 1.16 bits per heavy atom. The molecule has 2 heterocycles. The van der Waals surface area contributed by atoms with E-state index in [4.69, 9.17) is 10.5 Å². The van der Waals surface area contributed by atoms with Crippen LogP contribution < -0.4 is 15.4 Å². The molecule has 25 heavy (non-hydrogen) atoms. The molecule has 0 bridgehead atoms. The van der Waals surface area contributed by atoms with Gasteiger partial charge in [0.15, 0.2) is 0 Å². The van der Waals surface area contributed by atoms with Crippen LogP contribution in [0.4, 0.5) is 5.69 Å². The summed E-state index contributed by atoms with van der Waals surface area (Å²) in [6.07, 6.45) is 2.49. The van der Waals surface area contributed by atoms with Crippen molar-refractivity contribution in [2.45, 2.75) is 25.3 Å². The van der Waals surface area contributed by atoms with E-state index >= 15 is 0 Å². The van der Waals surface area contributed by atoms with Crippen molar-refractivity contribution in [3.05, 3.63) is 24.3 Å². The number of fused-ring (bicyclic) bond motifs is 1. The molecule has 1 aromatic rings. The molecule has 2 aliphatic heterocycles. The Morgan fingerprint density at radius 2 is 1.92 bits per heavy atom. The van der Waals surface area contributed by atoms with Crippen LogP contribution in [0.15, 0.2) is 24.3 Å². The van der Waals surface area contributed by atoms with E-state index in [0.717, 1.165) is 37.4 Å². The third kappa shape index (κ3) is 2.88. The molecule has 3 aliphatic rings. The number of rotatable bonds is 3. The van der Waals surface area contributed by atoms with Gasteiger partial charge in [0.1, 0.15) is 5.75 Å². The van der Waals surface area contributed by atoms with Crippen molar-refractivity contribution in [3.8, 4) is 5.75 Å². The van der Waals surface area contributed by atoms with Gasteiger partial charge >= 0.3 is 0 Å². The van der Waals surface area contributed by atoms with Crippen molar-refractivity contribution in [2.24, 2.45) is 23.5 Å². The van der Waals surface area contributed by atoms with Crippen LogP contribution in [0, 0.1) is 17.8 Å². The number of hydrogen-bond donors (Lipinski definition) is 1. The van der Waals surface area contributed by atoms with Crippen LogP contribution in [-0.2, 0) is 9.59 Å². The van der Waals surface area contributed by atoms with Crippen molar-refractivity contribution in [1.82, 2.24) is 4.90 Å². The second kappa shape index (κ2) is 6.33. The molecule has 1 saturated carbocycles. The number of methoxy groups -OCH3 is 1. The maximum atomic E-state index is 12.9. The van der Waals surface area contributed by atoms with Crippen LogP contribution in [0.5, 0.6) is 5.75 Å². The molecule has 0 spiro atoms. The van der Waals surface area contributed by atoms with Crippen molar-refractivity contribution in [1.29, 1.82) is 0 Å². The lowest BCUT2D eigenvalue weighted by Crippen LogP contribution is -2.38. The second-order valence-corrected chi connectivity index (χ2v) is 7.51. The van der Waals surface area contributed by atoms with Crippen LogP contribution in [0.2, 0.25) is 0 Å². The fraction of sp³-hybridized carbons (Fsp3) is 0.579. The highest BCUT2D eigenvalue weighted by Crippen LogP contribution is 2.38. The highest BCUT2D eigenvalue weighted by Gasteiger charge is 2.45. The van der Waals surface area contributed by atoms with Gasteiger partial charge in [-0.25, -0.2) is 0 Å². The summed E-state index contributed by atoms with van der Waals surface area (Å²) in [5, 5.41) is 0. The molecule has 134 valence electrons. The van der Waals surface area contributed by atoms with Crippen LogP contribution in [0.3, 0.4) is 0 Å². The maximum Gasteiger partial charge on any atom is 0.228 e. The SMILES string of the molecule is COc1ccc(N2CC(C(=O)N3CC4CCC(N)C4C3)CC2=O)cc1. The lowest BCUT2D eigenvalue weighted by atomic mass is 9.98. The Hall–Kier alpha value is -2.08. The summed E-state index contributed by atoms with van der Waals surface area (Å²) in [6.45, 7) is 2.03. The van der Waals surface area contributed by atoms with Gasteiger partial charge in [-0.1, -0.05) is 0 Å². The predicted molar refractivity (Wildman–Crippen MR) is 94.2 cm³/mol. The number of likely N-dealkylation sites (tertiary alicyclic amines) is 1. The van der Waals surface area contributed by atoms with Gasteiger partial charge in [0, 0.05) is 37.8 Å². The largest absolute Gasteiger partial charge is 0.497 e. The molecule has 2 N–H and O–H groups in total. The fourth-order valence-corrected chi connectivity index (χ4v) is 4.63. The molecule has 2 amide bonds. The minimum Gasteiger partial charge on any atom is -0.497 e. The molecule has 1 aliphatic carbocycles. The molecule has 4 atom stereocenters. The first-order valence-electron chi connectivity index (χ1n) is 9.05. The van der Waals surface area contributed by atoms with Crippen LogP contribution in [0.1, 0.15) is 19.3 Å². The van der Waals surface area contributed by atoms with Gasteiger partial charge in [0.2, 0.25) is 11.8 Å². The van der Waals surface area contributed by atoms with Crippen LogP contribution >= 0.6 is 0 Å². The van der Waals surface area contributed by atoms with E-state index < -0.39 is 0 Å². The van der Waals surface area contributed by atoms with Crippen molar-refractivity contribution >= 4 is 17.5 Å². The molecule has 3 fully saturated rings. The van der Waals surface area contributed by atoms with E-state index in [-0.39, 0.29) is 23.8 Å². The van der Waals surface area contributed by atoms with Gasteiger partial charge in [-0.2, -0.15) is 0 Å². The fourth-order valence-electron chi connectivity index (χ4n) is 4.63. The van der Waals surface area contributed by atoms with Crippen LogP contribution in [-0.4, -0.2) is 49.5 Å². The number of ether oxygens (including phenoxy) is 1. The molecule has 4 unspecified atom stereocenters. The first-order chi connectivity index (χ1) is 12.1. The van der Waals surface area contributed by atoms with E-state index in [1.54, 1.807) is 12.0 Å². The number of carbonyl (C=O) groups excluding carboxylic acids is 2. The third-order valence-electron chi connectivity index (χ3n) is 6.08. The van der Waals surface area contributed by atoms with Gasteiger partial charge in [0.05, 0.1) is 13.0 Å². The average molecular weight is 343 g/mol. The summed E-state index contributed by atoms with van der Waals surface area (Å²) >= 11 is 0. The minimum atomic E-state index is -0.246. The van der Waals surface area contributed by atoms with E-state index in [0.29, 0.717) is 24.8 Å². The average Bonchev–Trinajstić information content (AvgIpc) is 3.31. The number of benzene rings is 1. The first-order valence-corrected chi connectivity index (χ1v) is 9.05. The topological polar surface area (TPSA) is 75.9 Å². The van der Waals surface area contributed by atoms with Crippen molar-refractivity contribution < 1.29 is 14.3 Å². The summed E-state index contributed by atoms with van der Waals surface area (Å²) in [5.74, 6) is 1.63. The van der Waals surface area contributed by atoms with Gasteiger partial charge in [0.25, 0.3) is 0 Å². The number of amides is 2. The lowest BCUT2D eigenvalue weighted by Gasteiger charge is -2.22. The number of nitrogens with two attached hydrogens (primary N) is 1. The number of hydrogen-bond acceptors (Lipinski definition) is 4. The van der Waals surface area contributed by atoms with E-state index in [2.05, 4.69) is 0 Å². The molecule has 0 radical (unpaired) electrons. The minimum absolute atomic E-state index is 0.0135. The van der Waals surface area contributed by atoms with Gasteiger partial charge in [-0.05, 0) is 48.9 Å². The number of nitrogens with zero attached hydrogens (tertiary/aromatic N) is 2. The van der Waals surface area contributed by atoms with Crippen molar-refractivity contribution in [2.75, 3.05) is 31.6 Å². The summed E-state index contributed by atoms with van der Waals surface area (Å²) in [6, 6.07) is 7.62. The molecular formula is C19H25N3O3. The van der Waals surface area contributed by atoms with Gasteiger partial charge in [-0.15, -0.1) is 0 Å². The highest BCUT2D eigenvalue weighted by atomic mass is 16.5. The summed E-state index contributed by atoms with van der Waals surface area (Å²) < 4.78 is 5.16. The quantitative estimate of drug-likeness (QED) is 0.896. The highest BCUT2D eigenvalue weighted by molar-refractivity contribution is 6.00. The zero-order valence-electron chi connectivity index (χ0n) is 14.6. The predicted octanol–water partition coefficient (Wildman–Crippen LogP) is 1.24. The maximum absolute atomic E-state index is 12.9. The van der Waals surface area contributed by atoms with Gasteiger partial charge in [-0.3, -0.25) is 9.59 Å². The molecule has 2 saturated heterocycles. The second-order valence-electron chi connectivity index (χ2n) is 7.51. The Labute approximate surface area is 147 Å². The molecule has 4 rings (SSSR count). The molecule has 0 aromatic heterocycles. The summed E-state index contributed by atoms with van der Waals surface area (Å²) in [5.41, 5.74) is 6.99. The molecule has 1 aromatic carbocycles. The molecule has 6 nitrogen and oxygen atoms in total. The normalized spacial score (nSPS) is 31.5. The smallest absolute Gasteiger partial charge is 0.228 e. The molecule has 6 heteroatoms.